The fraction of sp³-hybridized carbons (Fsp3) is 0.846. The molecule has 0 aromatic rings. The molecule has 0 aromatic heterocycles. The van der Waals surface area contributed by atoms with Crippen molar-refractivity contribution in [3.8, 4) is 0 Å². The van der Waals surface area contributed by atoms with E-state index in [0.29, 0.717) is 12.3 Å². The maximum absolute atomic E-state index is 12.2. The molecule has 0 radical (unpaired) electrons. The Bertz CT molecular complexity index is 305. The topological polar surface area (TPSA) is 89.4 Å². The van der Waals surface area contributed by atoms with E-state index in [1.54, 1.807) is 4.90 Å². The Balaban J connectivity index is 2.52. The third kappa shape index (κ3) is 4.64. The second kappa shape index (κ2) is 6.73. The highest BCUT2D eigenvalue weighted by atomic mass is 16.2. The first kappa shape index (κ1) is 15.0. The number of amides is 2. The lowest BCUT2D eigenvalue weighted by atomic mass is 9.84. The van der Waals surface area contributed by atoms with Crippen molar-refractivity contribution in [2.45, 2.75) is 58.0 Å². The van der Waals surface area contributed by atoms with Crippen molar-refractivity contribution in [1.82, 2.24) is 4.90 Å². The van der Waals surface area contributed by atoms with Crippen molar-refractivity contribution in [3.63, 3.8) is 0 Å². The summed E-state index contributed by atoms with van der Waals surface area (Å²) in [5.74, 6) is -0.0873. The molecule has 0 aliphatic heterocycles. The van der Waals surface area contributed by atoms with E-state index < -0.39 is 5.91 Å². The Morgan fingerprint density at radius 1 is 1.33 bits per heavy atom. The Kier molecular flexibility index (Phi) is 5.59. The molecule has 1 saturated carbocycles. The van der Waals surface area contributed by atoms with E-state index in [1.807, 2.05) is 13.8 Å². The summed E-state index contributed by atoms with van der Waals surface area (Å²) in [6.45, 7) is 3.80. The summed E-state index contributed by atoms with van der Waals surface area (Å²) in [5, 5.41) is 0. The summed E-state index contributed by atoms with van der Waals surface area (Å²) in [5.41, 5.74) is 11.1. The van der Waals surface area contributed by atoms with Crippen LogP contribution in [0.2, 0.25) is 0 Å². The molecular formula is C13H25N3O2. The molecule has 1 aliphatic carbocycles. The van der Waals surface area contributed by atoms with Gasteiger partial charge in [0.25, 0.3) is 0 Å². The van der Waals surface area contributed by atoms with Crippen molar-refractivity contribution in [2.24, 2.45) is 17.4 Å². The van der Waals surface area contributed by atoms with Crippen LogP contribution in [0.1, 0.15) is 46.0 Å². The summed E-state index contributed by atoms with van der Waals surface area (Å²) in [6, 6.07) is 0.224. The van der Waals surface area contributed by atoms with Gasteiger partial charge in [-0.1, -0.05) is 6.42 Å². The lowest BCUT2D eigenvalue weighted by Crippen LogP contribution is -2.43. The molecule has 0 spiro atoms. The van der Waals surface area contributed by atoms with E-state index in [4.69, 9.17) is 11.5 Å². The van der Waals surface area contributed by atoms with Crippen LogP contribution >= 0.6 is 0 Å². The largest absolute Gasteiger partial charge is 0.368 e. The van der Waals surface area contributed by atoms with Gasteiger partial charge in [0.15, 0.2) is 0 Å². The highest BCUT2D eigenvalue weighted by Crippen LogP contribution is 2.26. The first-order chi connectivity index (χ1) is 8.40. The molecule has 2 atom stereocenters. The summed E-state index contributed by atoms with van der Waals surface area (Å²) in [7, 11) is 0. The van der Waals surface area contributed by atoms with E-state index in [2.05, 4.69) is 0 Å². The van der Waals surface area contributed by atoms with Crippen LogP contribution in [-0.2, 0) is 9.59 Å². The van der Waals surface area contributed by atoms with Gasteiger partial charge in [-0.15, -0.1) is 0 Å². The molecule has 104 valence electrons. The molecule has 0 bridgehead atoms. The van der Waals surface area contributed by atoms with Gasteiger partial charge in [0, 0.05) is 18.5 Å². The minimum absolute atomic E-state index is 0.00210. The average molecular weight is 255 g/mol. The number of nitrogens with zero attached hydrogens (tertiary/aromatic N) is 1. The second-order valence-electron chi connectivity index (χ2n) is 5.58. The Labute approximate surface area is 109 Å². The van der Waals surface area contributed by atoms with E-state index >= 15 is 0 Å². The highest BCUT2D eigenvalue weighted by molar-refractivity contribution is 5.84. The van der Waals surface area contributed by atoms with Crippen LogP contribution < -0.4 is 11.5 Å². The fourth-order valence-corrected chi connectivity index (χ4v) is 2.61. The third-order valence-corrected chi connectivity index (χ3v) is 3.56. The van der Waals surface area contributed by atoms with E-state index in [1.165, 1.54) is 0 Å². The smallest absolute Gasteiger partial charge is 0.237 e. The predicted molar refractivity (Wildman–Crippen MR) is 70.6 cm³/mol. The lowest BCUT2D eigenvalue weighted by molar-refractivity contribution is -0.138. The molecule has 1 aliphatic rings. The first-order valence-corrected chi connectivity index (χ1v) is 6.73. The number of hydrogen-bond acceptors (Lipinski definition) is 3. The van der Waals surface area contributed by atoms with Crippen molar-refractivity contribution in [1.29, 1.82) is 0 Å². The molecule has 0 saturated heterocycles. The van der Waals surface area contributed by atoms with Crippen LogP contribution in [0.25, 0.3) is 0 Å². The number of rotatable bonds is 5. The Hall–Kier alpha value is -1.10. The predicted octanol–water partition coefficient (Wildman–Crippen LogP) is 0.616. The molecule has 1 rings (SSSR count). The summed E-state index contributed by atoms with van der Waals surface area (Å²) in [6.07, 6.45) is 4.60. The highest BCUT2D eigenvalue weighted by Gasteiger charge is 2.25. The lowest BCUT2D eigenvalue weighted by Gasteiger charge is -2.30. The van der Waals surface area contributed by atoms with Crippen molar-refractivity contribution >= 4 is 11.8 Å². The molecule has 2 unspecified atom stereocenters. The van der Waals surface area contributed by atoms with Crippen LogP contribution in [0, 0.1) is 5.92 Å². The van der Waals surface area contributed by atoms with Gasteiger partial charge in [0.2, 0.25) is 11.8 Å². The molecule has 0 heterocycles. The van der Waals surface area contributed by atoms with E-state index in [9.17, 15) is 9.59 Å². The molecule has 2 amide bonds. The Morgan fingerprint density at radius 3 is 2.50 bits per heavy atom. The first-order valence-electron chi connectivity index (χ1n) is 6.73. The third-order valence-electron chi connectivity index (χ3n) is 3.56. The summed E-state index contributed by atoms with van der Waals surface area (Å²) < 4.78 is 0. The molecular weight excluding hydrogens is 230 g/mol. The van der Waals surface area contributed by atoms with E-state index in [-0.39, 0.29) is 24.5 Å². The van der Waals surface area contributed by atoms with Gasteiger partial charge in [-0.25, -0.2) is 0 Å². The molecule has 0 aromatic carbocycles. The van der Waals surface area contributed by atoms with Crippen LogP contribution in [-0.4, -0.2) is 35.3 Å². The Morgan fingerprint density at radius 2 is 2.00 bits per heavy atom. The van der Waals surface area contributed by atoms with Gasteiger partial charge in [-0.05, 0) is 39.0 Å². The van der Waals surface area contributed by atoms with Gasteiger partial charge in [-0.2, -0.15) is 0 Å². The minimum Gasteiger partial charge on any atom is -0.368 e. The molecule has 5 heteroatoms. The number of nitrogens with two attached hydrogens (primary N) is 2. The zero-order chi connectivity index (χ0) is 13.7. The van der Waals surface area contributed by atoms with Crippen LogP contribution in [0.4, 0.5) is 0 Å². The number of primary amides is 1. The van der Waals surface area contributed by atoms with Crippen LogP contribution in [0.3, 0.4) is 0 Å². The van der Waals surface area contributed by atoms with Gasteiger partial charge in [0.1, 0.15) is 0 Å². The monoisotopic (exact) mass is 255 g/mol. The minimum atomic E-state index is -0.461. The number of hydrogen-bond donors (Lipinski definition) is 2. The van der Waals surface area contributed by atoms with Gasteiger partial charge in [0.05, 0.1) is 6.54 Å². The quantitative estimate of drug-likeness (QED) is 0.754. The number of carbonyl (C=O) groups is 2. The van der Waals surface area contributed by atoms with Gasteiger partial charge in [-0.3, -0.25) is 9.59 Å². The average Bonchev–Trinajstić information content (AvgIpc) is 2.25. The van der Waals surface area contributed by atoms with Crippen molar-refractivity contribution in [3.05, 3.63) is 0 Å². The SMILES string of the molecule is CC(C)N(CC(N)=O)C(=O)CC1CCCC(N)C1. The molecule has 1 fully saturated rings. The normalized spacial score (nSPS) is 24.0. The second-order valence-corrected chi connectivity index (χ2v) is 5.58. The van der Waals surface area contributed by atoms with Gasteiger partial charge < -0.3 is 16.4 Å². The maximum Gasteiger partial charge on any atom is 0.237 e. The molecule has 5 nitrogen and oxygen atoms in total. The van der Waals surface area contributed by atoms with E-state index in [0.717, 1.165) is 25.7 Å². The van der Waals surface area contributed by atoms with Crippen LogP contribution in [0.5, 0.6) is 0 Å². The van der Waals surface area contributed by atoms with Crippen molar-refractivity contribution in [2.75, 3.05) is 6.54 Å². The summed E-state index contributed by atoms with van der Waals surface area (Å²) in [4.78, 5) is 24.7. The fourth-order valence-electron chi connectivity index (χ4n) is 2.61. The number of carbonyl (C=O) groups excluding carboxylic acids is 2. The standard InChI is InChI=1S/C13H25N3O2/c1-9(2)16(8-12(15)17)13(18)7-10-4-3-5-11(14)6-10/h9-11H,3-8,14H2,1-2H3,(H2,15,17). The van der Waals surface area contributed by atoms with Crippen LogP contribution in [0.15, 0.2) is 0 Å². The maximum atomic E-state index is 12.2. The molecule has 4 N–H and O–H groups in total. The zero-order valence-corrected chi connectivity index (χ0v) is 11.4. The molecule has 18 heavy (non-hydrogen) atoms. The van der Waals surface area contributed by atoms with Gasteiger partial charge >= 0.3 is 0 Å². The summed E-state index contributed by atoms with van der Waals surface area (Å²) >= 11 is 0. The zero-order valence-electron chi connectivity index (χ0n) is 11.4. The van der Waals surface area contributed by atoms with Crippen molar-refractivity contribution < 1.29 is 9.59 Å².